The summed E-state index contributed by atoms with van der Waals surface area (Å²) in [5.41, 5.74) is 7.81. The summed E-state index contributed by atoms with van der Waals surface area (Å²) in [6, 6.07) is 11.6. The molecule has 0 aliphatic rings. The first kappa shape index (κ1) is 15.9. The second-order valence-corrected chi connectivity index (χ2v) is 5.31. The van der Waals surface area contributed by atoms with E-state index in [2.05, 4.69) is 10.3 Å². The zero-order chi connectivity index (χ0) is 17.1. The van der Waals surface area contributed by atoms with Gasteiger partial charge in [-0.15, -0.1) is 0 Å². The summed E-state index contributed by atoms with van der Waals surface area (Å²) >= 11 is 0. The molecule has 6 heteroatoms. The monoisotopic (exact) mass is 325 g/mol. The van der Waals surface area contributed by atoms with Gasteiger partial charge in [-0.05, 0) is 34.7 Å². The fraction of sp³-hybridized carbons (Fsp3) is 0.111. The predicted molar refractivity (Wildman–Crippen MR) is 91.0 cm³/mol. The number of anilines is 1. The highest BCUT2D eigenvalue weighted by Crippen LogP contribution is 2.29. The van der Waals surface area contributed by atoms with Gasteiger partial charge in [0.1, 0.15) is 11.6 Å². The number of aliphatic hydroxyl groups is 1. The van der Waals surface area contributed by atoms with Crippen LogP contribution >= 0.6 is 0 Å². The summed E-state index contributed by atoms with van der Waals surface area (Å²) in [6.45, 7) is 0.0157. The van der Waals surface area contributed by atoms with Gasteiger partial charge in [0.05, 0.1) is 12.2 Å². The molecule has 2 aromatic carbocycles. The number of fused-ring (bicyclic) bond motifs is 1. The molecule has 0 radical (unpaired) electrons. The Morgan fingerprint density at radius 3 is 2.71 bits per heavy atom. The lowest BCUT2D eigenvalue weighted by Gasteiger charge is -2.10. The van der Waals surface area contributed by atoms with Crippen LogP contribution in [-0.4, -0.2) is 29.1 Å². The third kappa shape index (κ3) is 3.04. The van der Waals surface area contributed by atoms with Crippen molar-refractivity contribution < 1.29 is 14.3 Å². The number of hydrogen-bond acceptors (Lipinski definition) is 4. The van der Waals surface area contributed by atoms with Crippen LogP contribution in [-0.2, 0) is 0 Å². The number of hydrogen-bond donors (Lipinski definition) is 3. The number of aromatic nitrogens is 1. The van der Waals surface area contributed by atoms with E-state index in [-0.39, 0.29) is 24.9 Å². The molecule has 0 fully saturated rings. The minimum absolute atomic E-state index is 0.143. The van der Waals surface area contributed by atoms with Crippen molar-refractivity contribution in [1.82, 2.24) is 10.3 Å². The number of nitrogens with two attached hydrogens (primary N) is 1. The summed E-state index contributed by atoms with van der Waals surface area (Å²) in [5.74, 6) is -0.363. The highest BCUT2D eigenvalue weighted by molar-refractivity contribution is 6.09. The van der Waals surface area contributed by atoms with Crippen LogP contribution in [0, 0.1) is 5.82 Å². The molecule has 1 aromatic heterocycles. The fourth-order valence-corrected chi connectivity index (χ4v) is 2.56. The van der Waals surface area contributed by atoms with E-state index in [0.29, 0.717) is 27.7 Å². The first-order valence-corrected chi connectivity index (χ1v) is 7.43. The molecule has 4 N–H and O–H groups in total. The van der Waals surface area contributed by atoms with Crippen LogP contribution in [0.4, 0.5) is 10.2 Å². The highest BCUT2D eigenvalue weighted by Gasteiger charge is 2.13. The Morgan fingerprint density at radius 1 is 1.17 bits per heavy atom. The molecule has 122 valence electrons. The normalized spacial score (nSPS) is 10.8. The number of nitrogen functional groups attached to an aromatic ring is 1. The van der Waals surface area contributed by atoms with Crippen molar-refractivity contribution in [2.24, 2.45) is 0 Å². The van der Waals surface area contributed by atoms with E-state index >= 15 is 0 Å². The summed E-state index contributed by atoms with van der Waals surface area (Å²) in [4.78, 5) is 16.2. The number of carbonyl (C=O) groups is 1. The number of pyridine rings is 1. The molecule has 5 nitrogen and oxygen atoms in total. The van der Waals surface area contributed by atoms with Crippen molar-refractivity contribution in [1.29, 1.82) is 0 Å². The van der Waals surface area contributed by atoms with E-state index in [1.165, 1.54) is 18.3 Å². The third-order valence-corrected chi connectivity index (χ3v) is 3.72. The second-order valence-electron chi connectivity index (χ2n) is 5.31. The predicted octanol–water partition coefficient (Wildman–Crippen LogP) is 2.35. The number of amides is 1. The number of nitrogens with one attached hydrogen (secondary N) is 1. The summed E-state index contributed by atoms with van der Waals surface area (Å²) in [6.07, 6.45) is 1.41. The number of rotatable bonds is 4. The Kier molecular flexibility index (Phi) is 4.39. The standard InChI is InChI=1S/C18H16FN3O2/c19-13-3-1-2-11(8-13)12-4-5-14-15(9-12)17(20)22-10-16(14)18(24)21-6-7-23/h1-5,8-10,23H,6-7H2,(H2,20,22)(H,21,24). The summed E-state index contributed by atoms with van der Waals surface area (Å²) < 4.78 is 13.4. The fourth-order valence-electron chi connectivity index (χ4n) is 2.56. The van der Waals surface area contributed by atoms with Crippen LogP contribution in [0.2, 0.25) is 0 Å². The van der Waals surface area contributed by atoms with Gasteiger partial charge in [0, 0.05) is 18.1 Å². The Bertz CT molecular complexity index is 912. The van der Waals surface area contributed by atoms with Crippen LogP contribution in [0.5, 0.6) is 0 Å². The van der Waals surface area contributed by atoms with E-state index in [0.717, 1.165) is 5.56 Å². The molecule has 1 amide bonds. The molecule has 0 aliphatic carbocycles. The molecule has 0 atom stereocenters. The molecule has 0 unspecified atom stereocenters. The van der Waals surface area contributed by atoms with Gasteiger partial charge in [-0.25, -0.2) is 9.37 Å². The molecule has 3 rings (SSSR count). The molecule has 0 bridgehead atoms. The van der Waals surface area contributed by atoms with E-state index in [1.54, 1.807) is 30.3 Å². The lowest BCUT2D eigenvalue weighted by atomic mass is 9.99. The molecule has 3 aromatic rings. The van der Waals surface area contributed by atoms with Crippen molar-refractivity contribution in [3.05, 3.63) is 60.0 Å². The van der Waals surface area contributed by atoms with Crippen LogP contribution in [0.3, 0.4) is 0 Å². The van der Waals surface area contributed by atoms with Crippen LogP contribution in [0.1, 0.15) is 10.4 Å². The Labute approximate surface area is 137 Å². The van der Waals surface area contributed by atoms with Crippen molar-refractivity contribution in [2.45, 2.75) is 0 Å². The largest absolute Gasteiger partial charge is 0.395 e. The lowest BCUT2D eigenvalue weighted by molar-refractivity contribution is 0.0946. The Hall–Kier alpha value is -2.99. The second kappa shape index (κ2) is 6.64. The maximum atomic E-state index is 13.4. The minimum atomic E-state index is -0.333. The smallest absolute Gasteiger partial charge is 0.253 e. The molecule has 0 saturated carbocycles. The van der Waals surface area contributed by atoms with Gasteiger partial charge in [-0.3, -0.25) is 4.79 Å². The molecular formula is C18H16FN3O2. The Balaban J connectivity index is 2.10. The summed E-state index contributed by atoms with van der Waals surface area (Å²) in [5, 5.41) is 12.7. The Morgan fingerprint density at radius 2 is 1.96 bits per heavy atom. The van der Waals surface area contributed by atoms with Crippen LogP contribution < -0.4 is 11.1 Å². The molecule has 0 saturated heterocycles. The van der Waals surface area contributed by atoms with Gasteiger partial charge >= 0.3 is 0 Å². The zero-order valence-corrected chi connectivity index (χ0v) is 12.8. The number of carbonyl (C=O) groups excluding carboxylic acids is 1. The number of benzene rings is 2. The van der Waals surface area contributed by atoms with E-state index < -0.39 is 0 Å². The average Bonchev–Trinajstić information content (AvgIpc) is 2.60. The van der Waals surface area contributed by atoms with Crippen molar-refractivity contribution in [3.63, 3.8) is 0 Å². The summed E-state index contributed by atoms with van der Waals surface area (Å²) in [7, 11) is 0. The molecular weight excluding hydrogens is 309 g/mol. The third-order valence-electron chi connectivity index (χ3n) is 3.72. The lowest BCUT2D eigenvalue weighted by Crippen LogP contribution is -2.26. The van der Waals surface area contributed by atoms with Crippen LogP contribution in [0.25, 0.3) is 21.9 Å². The zero-order valence-electron chi connectivity index (χ0n) is 12.8. The van der Waals surface area contributed by atoms with E-state index in [1.807, 2.05) is 0 Å². The SMILES string of the molecule is Nc1ncc(C(=O)NCCO)c2ccc(-c3cccc(F)c3)cc12. The topological polar surface area (TPSA) is 88.2 Å². The van der Waals surface area contributed by atoms with Gasteiger partial charge in [0.2, 0.25) is 0 Å². The highest BCUT2D eigenvalue weighted by atomic mass is 19.1. The van der Waals surface area contributed by atoms with E-state index in [4.69, 9.17) is 10.8 Å². The molecule has 0 spiro atoms. The number of nitrogens with zero attached hydrogens (tertiary/aromatic N) is 1. The average molecular weight is 325 g/mol. The first-order valence-electron chi connectivity index (χ1n) is 7.43. The van der Waals surface area contributed by atoms with Crippen LogP contribution in [0.15, 0.2) is 48.7 Å². The quantitative estimate of drug-likeness (QED) is 0.687. The van der Waals surface area contributed by atoms with Crippen molar-refractivity contribution in [2.75, 3.05) is 18.9 Å². The molecule has 0 aliphatic heterocycles. The molecule has 1 heterocycles. The molecule has 24 heavy (non-hydrogen) atoms. The van der Waals surface area contributed by atoms with E-state index in [9.17, 15) is 9.18 Å². The first-order chi connectivity index (χ1) is 11.6. The number of aliphatic hydroxyl groups excluding tert-OH is 1. The minimum Gasteiger partial charge on any atom is -0.395 e. The van der Waals surface area contributed by atoms with Gasteiger partial charge < -0.3 is 16.2 Å². The van der Waals surface area contributed by atoms with Gasteiger partial charge in [-0.1, -0.05) is 24.3 Å². The number of halogens is 1. The van der Waals surface area contributed by atoms with Crippen molar-refractivity contribution in [3.8, 4) is 11.1 Å². The van der Waals surface area contributed by atoms with Gasteiger partial charge in [0.25, 0.3) is 5.91 Å². The maximum Gasteiger partial charge on any atom is 0.253 e. The maximum absolute atomic E-state index is 13.4. The van der Waals surface area contributed by atoms with Gasteiger partial charge in [0.15, 0.2) is 0 Å². The van der Waals surface area contributed by atoms with Gasteiger partial charge in [-0.2, -0.15) is 0 Å². The van der Waals surface area contributed by atoms with Crippen molar-refractivity contribution >= 4 is 22.5 Å².